The number of hydrogen-bond acceptors (Lipinski definition) is 4. The number of pyridine rings is 1. The zero-order valence-corrected chi connectivity index (χ0v) is 13.0. The van der Waals surface area contributed by atoms with Crippen molar-refractivity contribution in [3.8, 4) is 0 Å². The van der Waals surface area contributed by atoms with Gasteiger partial charge in [-0.25, -0.2) is 0 Å². The summed E-state index contributed by atoms with van der Waals surface area (Å²) in [5.74, 6) is 0. The minimum atomic E-state index is -0.0962. The molecule has 3 aromatic rings. The SMILES string of the molecule is CSc1cc2n(Cc3ccc(C)nc3)c(C)cc(=O)n2n1. The molecule has 0 N–H and O–H groups in total. The summed E-state index contributed by atoms with van der Waals surface area (Å²) in [6.07, 6.45) is 3.82. The van der Waals surface area contributed by atoms with Crippen LogP contribution in [0, 0.1) is 13.8 Å². The monoisotopic (exact) mass is 300 g/mol. The highest BCUT2D eigenvalue weighted by atomic mass is 32.2. The van der Waals surface area contributed by atoms with Gasteiger partial charge in [-0.15, -0.1) is 11.8 Å². The first-order valence-electron chi connectivity index (χ1n) is 6.64. The Bertz CT molecular complexity index is 848. The molecule has 3 aromatic heterocycles. The van der Waals surface area contributed by atoms with E-state index >= 15 is 0 Å². The van der Waals surface area contributed by atoms with Crippen molar-refractivity contribution in [1.82, 2.24) is 19.2 Å². The largest absolute Gasteiger partial charge is 0.326 e. The maximum atomic E-state index is 12.0. The molecular formula is C15H16N4OS. The number of hydrogen-bond donors (Lipinski definition) is 0. The summed E-state index contributed by atoms with van der Waals surface area (Å²) in [5.41, 5.74) is 3.72. The highest BCUT2D eigenvalue weighted by molar-refractivity contribution is 7.98. The lowest BCUT2D eigenvalue weighted by Gasteiger charge is -2.12. The third-order valence-electron chi connectivity index (χ3n) is 3.43. The second-order valence-electron chi connectivity index (χ2n) is 4.97. The van der Waals surface area contributed by atoms with Crippen LogP contribution in [0.3, 0.4) is 0 Å². The molecule has 0 spiro atoms. The molecule has 3 heterocycles. The van der Waals surface area contributed by atoms with Gasteiger partial charge in [0.2, 0.25) is 0 Å². The maximum absolute atomic E-state index is 12.0. The fourth-order valence-electron chi connectivity index (χ4n) is 2.28. The van der Waals surface area contributed by atoms with Crippen molar-refractivity contribution >= 4 is 17.4 Å². The second kappa shape index (κ2) is 5.37. The van der Waals surface area contributed by atoms with Gasteiger partial charge in [0, 0.05) is 29.7 Å². The van der Waals surface area contributed by atoms with Gasteiger partial charge >= 0.3 is 0 Å². The molecule has 0 atom stereocenters. The minimum absolute atomic E-state index is 0.0962. The summed E-state index contributed by atoms with van der Waals surface area (Å²) in [4.78, 5) is 16.4. The van der Waals surface area contributed by atoms with E-state index in [9.17, 15) is 4.79 Å². The molecular weight excluding hydrogens is 284 g/mol. The van der Waals surface area contributed by atoms with Crippen LogP contribution in [0.15, 0.2) is 40.3 Å². The van der Waals surface area contributed by atoms with Crippen LogP contribution in [0.5, 0.6) is 0 Å². The topological polar surface area (TPSA) is 52.2 Å². The summed E-state index contributed by atoms with van der Waals surface area (Å²) in [6.45, 7) is 4.57. The first kappa shape index (κ1) is 13.9. The van der Waals surface area contributed by atoms with Crippen LogP contribution in [-0.2, 0) is 6.54 Å². The number of rotatable bonds is 3. The molecule has 0 aromatic carbocycles. The standard InChI is InChI=1S/C15H16N4OS/c1-10-4-5-12(8-16-10)9-18-11(2)6-15(20)19-14(18)7-13(17-19)21-3/h4-8H,9H2,1-3H3. The van der Waals surface area contributed by atoms with Crippen LogP contribution < -0.4 is 5.56 Å². The summed E-state index contributed by atoms with van der Waals surface area (Å²) >= 11 is 1.53. The summed E-state index contributed by atoms with van der Waals surface area (Å²) in [5, 5.41) is 5.16. The van der Waals surface area contributed by atoms with E-state index < -0.39 is 0 Å². The van der Waals surface area contributed by atoms with Crippen LogP contribution >= 0.6 is 11.8 Å². The van der Waals surface area contributed by atoms with Crippen LogP contribution in [0.1, 0.15) is 17.0 Å². The Labute approximate surface area is 126 Å². The van der Waals surface area contributed by atoms with Gasteiger partial charge in [-0.2, -0.15) is 9.61 Å². The first-order valence-corrected chi connectivity index (χ1v) is 7.86. The molecule has 108 valence electrons. The summed E-state index contributed by atoms with van der Waals surface area (Å²) < 4.78 is 3.54. The van der Waals surface area contributed by atoms with Crippen molar-refractivity contribution in [2.24, 2.45) is 0 Å². The Balaban J connectivity index is 2.14. The summed E-state index contributed by atoms with van der Waals surface area (Å²) in [7, 11) is 0. The van der Waals surface area contributed by atoms with Gasteiger partial charge < -0.3 is 4.57 Å². The molecule has 0 bridgehead atoms. The zero-order chi connectivity index (χ0) is 15.0. The van der Waals surface area contributed by atoms with Gasteiger partial charge in [0.25, 0.3) is 5.56 Å². The van der Waals surface area contributed by atoms with Crippen LogP contribution in [0.25, 0.3) is 5.65 Å². The lowest BCUT2D eigenvalue weighted by molar-refractivity contribution is 0.730. The minimum Gasteiger partial charge on any atom is -0.326 e. The molecule has 21 heavy (non-hydrogen) atoms. The van der Waals surface area contributed by atoms with Crippen molar-refractivity contribution in [3.63, 3.8) is 0 Å². The maximum Gasteiger partial charge on any atom is 0.274 e. The number of thioether (sulfide) groups is 1. The fourth-order valence-corrected chi connectivity index (χ4v) is 2.67. The molecule has 0 aliphatic rings. The molecule has 0 unspecified atom stereocenters. The molecule has 3 rings (SSSR count). The predicted octanol–water partition coefficient (Wildman–Crippen LogP) is 2.28. The third-order valence-corrected chi connectivity index (χ3v) is 4.05. The molecule has 0 aliphatic carbocycles. The highest BCUT2D eigenvalue weighted by Crippen LogP contribution is 2.16. The first-order chi connectivity index (χ1) is 10.1. The van der Waals surface area contributed by atoms with Crippen molar-refractivity contribution in [2.75, 3.05) is 6.26 Å². The second-order valence-corrected chi connectivity index (χ2v) is 5.80. The zero-order valence-electron chi connectivity index (χ0n) is 12.2. The van der Waals surface area contributed by atoms with E-state index in [0.717, 1.165) is 27.6 Å². The lowest BCUT2D eigenvalue weighted by Crippen LogP contribution is -2.20. The van der Waals surface area contributed by atoms with Gasteiger partial charge in [-0.05, 0) is 31.7 Å². The quantitative estimate of drug-likeness (QED) is 0.696. The Morgan fingerprint density at radius 2 is 2.05 bits per heavy atom. The van der Waals surface area contributed by atoms with E-state index in [2.05, 4.69) is 20.7 Å². The molecule has 6 heteroatoms. The summed E-state index contributed by atoms with van der Waals surface area (Å²) in [6, 6.07) is 7.61. The molecule has 0 fully saturated rings. The number of aryl methyl sites for hydroxylation is 2. The number of aromatic nitrogens is 4. The normalized spacial score (nSPS) is 11.2. The van der Waals surface area contributed by atoms with E-state index in [-0.39, 0.29) is 5.56 Å². The molecule has 0 amide bonds. The van der Waals surface area contributed by atoms with Gasteiger partial charge in [-0.1, -0.05) is 6.07 Å². The smallest absolute Gasteiger partial charge is 0.274 e. The lowest BCUT2D eigenvalue weighted by atomic mass is 10.2. The molecule has 0 aliphatic heterocycles. The van der Waals surface area contributed by atoms with E-state index in [1.54, 1.807) is 6.07 Å². The van der Waals surface area contributed by atoms with Gasteiger partial charge in [-0.3, -0.25) is 9.78 Å². The Hall–Kier alpha value is -2.08. The van der Waals surface area contributed by atoms with Gasteiger partial charge in [0.05, 0.1) is 6.54 Å². The fraction of sp³-hybridized carbons (Fsp3) is 0.267. The Kier molecular flexibility index (Phi) is 3.55. The van der Waals surface area contributed by atoms with Crippen molar-refractivity contribution in [3.05, 3.63) is 57.8 Å². The highest BCUT2D eigenvalue weighted by Gasteiger charge is 2.10. The van der Waals surface area contributed by atoms with E-state index in [4.69, 9.17) is 0 Å². The van der Waals surface area contributed by atoms with Crippen LogP contribution in [-0.4, -0.2) is 25.4 Å². The van der Waals surface area contributed by atoms with Crippen molar-refractivity contribution < 1.29 is 0 Å². The van der Waals surface area contributed by atoms with Crippen LogP contribution in [0.4, 0.5) is 0 Å². The predicted molar refractivity (Wildman–Crippen MR) is 84.0 cm³/mol. The average Bonchev–Trinajstić information content (AvgIpc) is 2.90. The number of fused-ring (bicyclic) bond motifs is 1. The molecule has 0 saturated heterocycles. The van der Waals surface area contributed by atoms with Crippen LogP contribution in [0.2, 0.25) is 0 Å². The average molecular weight is 300 g/mol. The molecule has 0 saturated carbocycles. The van der Waals surface area contributed by atoms with Gasteiger partial charge in [0.1, 0.15) is 10.7 Å². The van der Waals surface area contributed by atoms with Gasteiger partial charge in [0.15, 0.2) is 0 Å². The molecule has 0 radical (unpaired) electrons. The Morgan fingerprint density at radius 3 is 2.71 bits per heavy atom. The van der Waals surface area contributed by atoms with E-state index in [0.29, 0.717) is 6.54 Å². The number of nitrogens with zero attached hydrogens (tertiary/aromatic N) is 4. The third kappa shape index (κ3) is 2.58. The Morgan fingerprint density at radius 1 is 1.24 bits per heavy atom. The van der Waals surface area contributed by atoms with Crippen molar-refractivity contribution in [1.29, 1.82) is 0 Å². The molecule has 5 nitrogen and oxygen atoms in total. The van der Waals surface area contributed by atoms with E-state index in [1.165, 1.54) is 16.3 Å². The van der Waals surface area contributed by atoms with E-state index in [1.807, 2.05) is 38.4 Å². The van der Waals surface area contributed by atoms with Crippen molar-refractivity contribution in [2.45, 2.75) is 25.4 Å².